The van der Waals surface area contributed by atoms with Crippen molar-refractivity contribution in [3.8, 4) is 5.75 Å². The Morgan fingerprint density at radius 1 is 1.10 bits per heavy atom. The lowest BCUT2D eigenvalue weighted by Crippen LogP contribution is -2.35. The Balaban J connectivity index is 1.19. The Hall–Kier alpha value is -2.45. The number of nitrogens with zero attached hydrogens (tertiary/aromatic N) is 2. The van der Waals surface area contributed by atoms with Gasteiger partial charge in [0, 0.05) is 31.5 Å². The number of aromatic nitrogens is 2. The Morgan fingerprint density at radius 2 is 1.93 bits per heavy atom. The number of ether oxygens (including phenoxy) is 1. The van der Waals surface area contributed by atoms with Gasteiger partial charge in [-0.2, -0.15) is 0 Å². The molecule has 1 heterocycles. The molecule has 0 saturated heterocycles. The van der Waals surface area contributed by atoms with Gasteiger partial charge in [-0.05, 0) is 36.7 Å². The first kappa shape index (κ1) is 20.8. The van der Waals surface area contributed by atoms with Crippen molar-refractivity contribution in [3.05, 3.63) is 59.9 Å². The Kier molecular flexibility index (Phi) is 6.64. The number of aliphatic hydroxyl groups excluding tert-OH is 3. The fourth-order valence-corrected chi connectivity index (χ4v) is 3.95. The van der Waals surface area contributed by atoms with Gasteiger partial charge in [0.1, 0.15) is 18.5 Å². The second-order valence-electron chi connectivity index (χ2n) is 7.89. The lowest BCUT2D eigenvalue weighted by molar-refractivity contribution is 0.0132. The van der Waals surface area contributed by atoms with Crippen LogP contribution in [0.3, 0.4) is 0 Å². The minimum Gasteiger partial charge on any atom is -0.491 e. The standard InChI is InChI=1S/C23H29N3O4/c27-17(13-24-9-4-10-26-15-25-19-6-1-2-7-20(19)26)14-30-23-8-3-5-16-11-21(28)22(29)12-18(16)23/h1-3,5-8,15,17,21-22,24,27-29H,4,9-14H2. The van der Waals surface area contributed by atoms with E-state index < -0.39 is 18.3 Å². The summed E-state index contributed by atoms with van der Waals surface area (Å²) in [5, 5.41) is 33.3. The highest BCUT2D eigenvalue weighted by Crippen LogP contribution is 2.30. The molecule has 1 aromatic heterocycles. The Morgan fingerprint density at radius 3 is 2.83 bits per heavy atom. The van der Waals surface area contributed by atoms with Crippen LogP contribution in [0.15, 0.2) is 48.8 Å². The second-order valence-corrected chi connectivity index (χ2v) is 7.89. The SMILES string of the molecule is OC(CNCCCn1cnc2ccccc21)COc1cccc2c1CC(O)C(O)C2. The van der Waals surface area contributed by atoms with Crippen LogP contribution in [0, 0.1) is 0 Å². The first-order chi connectivity index (χ1) is 14.6. The predicted octanol–water partition coefficient (Wildman–Crippen LogP) is 1.28. The van der Waals surface area contributed by atoms with Crippen LogP contribution in [0.2, 0.25) is 0 Å². The summed E-state index contributed by atoms with van der Waals surface area (Å²) in [4.78, 5) is 4.39. The molecule has 7 heteroatoms. The van der Waals surface area contributed by atoms with Gasteiger partial charge in [-0.15, -0.1) is 0 Å². The van der Waals surface area contributed by atoms with Crippen molar-refractivity contribution < 1.29 is 20.1 Å². The summed E-state index contributed by atoms with van der Waals surface area (Å²) < 4.78 is 7.96. The van der Waals surface area contributed by atoms with E-state index in [0.29, 0.717) is 25.1 Å². The highest BCUT2D eigenvalue weighted by molar-refractivity contribution is 5.74. The van der Waals surface area contributed by atoms with Gasteiger partial charge < -0.3 is 29.9 Å². The lowest BCUT2D eigenvalue weighted by atomic mass is 9.87. The molecule has 0 saturated carbocycles. The van der Waals surface area contributed by atoms with E-state index >= 15 is 0 Å². The zero-order valence-corrected chi connectivity index (χ0v) is 16.9. The second kappa shape index (κ2) is 9.57. The maximum Gasteiger partial charge on any atom is 0.123 e. The van der Waals surface area contributed by atoms with Crippen molar-refractivity contribution in [2.24, 2.45) is 0 Å². The molecule has 1 aliphatic rings. The smallest absolute Gasteiger partial charge is 0.123 e. The molecule has 2 aromatic carbocycles. The first-order valence-corrected chi connectivity index (χ1v) is 10.5. The zero-order chi connectivity index (χ0) is 20.9. The summed E-state index contributed by atoms with van der Waals surface area (Å²) in [5.41, 5.74) is 4.05. The fourth-order valence-electron chi connectivity index (χ4n) is 3.95. The number of rotatable bonds is 9. The maximum absolute atomic E-state index is 10.2. The average molecular weight is 412 g/mol. The summed E-state index contributed by atoms with van der Waals surface area (Å²) in [6.07, 6.45) is 1.44. The van der Waals surface area contributed by atoms with Gasteiger partial charge in [0.2, 0.25) is 0 Å². The molecule has 4 N–H and O–H groups in total. The van der Waals surface area contributed by atoms with Crippen LogP contribution >= 0.6 is 0 Å². The van der Waals surface area contributed by atoms with E-state index in [1.54, 1.807) is 0 Å². The van der Waals surface area contributed by atoms with Crippen molar-refractivity contribution >= 4 is 11.0 Å². The highest BCUT2D eigenvalue weighted by atomic mass is 16.5. The van der Waals surface area contributed by atoms with E-state index in [4.69, 9.17) is 4.74 Å². The number of benzene rings is 2. The van der Waals surface area contributed by atoms with Gasteiger partial charge in [-0.3, -0.25) is 0 Å². The van der Waals surface area contributed by atoms with Crippen molar-refractivity contribution in [2.45, 2.75) is 44.1 Å². The summed E-state index contributed by atoms with van der Waals surface area (Å²) in [7, 11) is 0. The molecule has 4 rings (SSSR count). The summed E-state index contributed by atoms with van der Waals surface area (Å²) in [6, 6.07) is 13.7. The molecular weight excluding hydrogens is 382 g/mol. The number of para-hydroxylation sites is 2. The minimum absolute atomic E-state index is 0.175. The van der Waals surface area contributed by atoms with Crippen molar-refractivity contribution in [1.29, 1.82) is 0 Å². The lowest BCUT2D eigenvalue weighted by Gasteiger charge is -2.27. The molecule has 30 heavy (non-hydrogen) atoms. The van der Waals surface area contributed by atoms with Gasteiger partial charge in [0.05, 0.1) is 29.6 Å². The van der Waals surface area contributed by atoms with E-state index in [1.165, 1.54) is 0 Å². The molecule has 0 radical (unpaired) electrons. The third-order valence-electron chi connectivity index (χ3n) is 5.61. The van der Waals surface area contributed by atoms with E-state index in [0.717, 1.165) is 41.7 Å². The quantitative estimate of drug-likeness (QED) is 0.396. The molecule has 3 aromatic rings. The normalized spacial score (nSPS) is 19.6. The topological polar surface area (TPSA) is 99.8 Å². The Bertz CT molecular complexity index is 974. The third-order valence-corrected chi connectivity index (χ3v) is 5.61. The zero-order valence-electron chi connectivity index (χ0n) is 16.9. The number of nitrogens with one attached hydrogen (secondary N) is 1. The monoisotopic (exact) mass is 411 g/mol. The van der Waals surface area contributed by atoms with Crippen molar-refractivity contribution in [1.82, 2.24) is 14.9 Å². The van der Waals surface area contributed by atoms with E-state index in [9.17, 15) is 15.3 Å². The van der Waals surface area contributed by atoms with Gasteiger partial charge in [-0.1, -0.05) is 24.3 Å². The summed E-state index contributed by atoms with van der Waals surface area (Å²) in [5.74, 6) is 0.671. The molecule has 0 aliphatic heterocycles. The fraction of sp³-hybridized carbons (Fsp3) is 0.435. The molecule has 160 valence electrons. The van der Waals surface area contributed by atoms with Crippen molar-refractivity contribution in [2.75, 3.05) is 19.7 Å². The number of imidazole rings is 1. The number of fused-ring (bicyclic) bond motifs is 2. The first-order valence-electron chi connectivity index (χ1n) is 10.5. The molecule has 0 bridgehead atoms. The molecule has 1 aliphatic carbocycles. The molecule has 0 spiro atoms. The molecule has 3 atom stereocenters. The van der Waals surface area contributed by atoms with Crippen LogP contribution in [0.4, 0.5) is 0 Å². The molecule has 7 nitrogen and oxygen atoms in total. The van der Waals surface area contributed by atoms with Gasteiger partial charge >= 0.3 is 0 Å². The van der Waals surface area contributed by atoms with E-state index in [1.807, 2.05) is 42.7 Å². The minimum atomic E-state index is -0.776. The number of aliphatic hydroxyl groups is 3. The van der Waals surface area contributed by atoms with Gasteiger partial charge in [-0.25, -0.2) is 4.98 Å². The Labute approximate surface area is 175 Å². The number of aryl methyl sites for hydroxylation is 1. The van der Waals surface area contributed by atoms with Gasteiger partial charge in [0.25, 0.3) is 0 Å². The molecular formula is C23H29N3O4. The number of hydrogen-bond donors (Lipinski definition) is 4. The van der Waals surface area contributed by atoms with Crippen LogP contribution in [0.25, 0.3) is 11.0 Å². The van der Waals surface area contributed by atoms with E-state index in [-0.39, 0.29) is 6.61 Å². The molecule has 0 fully saturated rings. The van der Waals surface area contributed by atoms with Crippen LogP contribution in [0.5, 0.6) is 5.75 Å². The predicted molar refractivity (Wildman–Crippen MR) is 115 cm³/mol. The number of hydrogen-bond acceptors (Lipinski definition) is 6. The molecule has 0 amide bonds. The van der Waals surface area contributed by atoms with E-state index in [2.05, 4.69) is 20.9 Å². The van der Waals surface area contributed by atoms with Crippen LogP contribution in [-0.2, 0) is 19.4 Å². The van der Waals surface area contributed by atoms with Crippen LogP contribution in [-0.4, -0.2) is 62.9 Å². The maximum atomic E-state index is 10.2. The van der Waals surface area contributed by atoms with Crippen LogP contribution in [0.1, 0.15) is 17.5 Å². The third kappa shape index (κ3) is 4.82. The average Bonchev–Trinajstić information content (AvgIpc) is 3.16. The highest BCUT2D eigenvalue weighted by Gasteiger charge is 2.27. The van der Waals surface area contributed by atoms with Gasteiger partial charge in [0.15, 0.2) is 0 Å². The van der Waals surface area contributed by atoms with Crippen LogP contribution < -0.4 is 10.1 Å². The van der Waals surface area contributed by atoms with Crippen molar-refractivity contribution in [3.63, 3.8) is 0 Å². The largest absolute Gasteiger partial charge is 0.491 e. The summed E-state index contributed by atoms with van der Waals surface area (Å²) in [6.45, 7) is 2.27. The summed E-state index contributed by atoms with van der Waals surface area (Å²) >= 11 is 0. The molecule has 3 unspecified atom stereocenters.